The minimum absolute atomic E-state index is 0.247. The van der Waals surface area contributed by atoms with Gasteiger partial charge in [-0.2, -0.15) is 11.8 Å². The number of benzene rings is 1. The van der Waals surface area contributed by atoms with Crippen LogP contribution in [0.5, 0.6) is 0 Å². The van der Waals surface area contributed by atoms with Gasteiger partial charge in [0.15, 0.2) is 0 Å². The Balaban J connectivity index is 2.92. The summed E-state index contributed by atoms with van der Waals surface area (Å²) in [6, 6.07) is 4.90. The lowest BCUT2D eigenvalue weighted by Crippen LogP contribution is -2.26. The molecule has 0 saturated carbocycles. The molecule has 0 aliphatic carbocycles. The minimum Gasteiger partial charge on any atom is -0.395 e. The lowest BCUT2D eigenvalue weighted by Gasteiger charge is -2.24. The standard InChI is InChI=1S/C17H29NOS/c1-6-7-18-16(11-20-15(5)10-19)17-13(3)8-12(2)9-14(17)4/h8-9,15-16,18-19H,6-7,10-11H2,1-5H3. The predicted octanol–water partition coefficient (Wildman–Crippen LogP) is 3.77. The summed E-state index contributed by atoms with van der Waals surface area (Å²) in [5.41, 5.74) is 5.50. The molecule has 0 radical (unpaired) electrons. The van der Waals surface area contributed by atoms with Crippen LogP contribution in [0.1, 0.15) is 48.6 Å². The molecule has 20 heavy (non-hydrogen) atoms. The SMILES string of the molecule is CCCNC(CSC(C)CO)c1c(C)cc(C)cc1C. The van der Waals surface area contributed by atoms with Gasteiger partial charge in [0.2, 0.25) is 0 Å². The van der Waals surface area contributed by atoms with Crippen molar-refractivity contribution in [2.75, 3.05) is 18.9 Å². The number of aryl methyl sites for hydroxylation is 3. The monoisotopic (exact) mass is 295 g/mol. The highest BCUT2D eigenvalue weighted by atomic mass is 32.2. The van der Waals surface area contributed by atoms with Crippen LogP contribution in [-0.2, 0) is 0 Å². The highest BCUT2D eigenvalue weighted by Crippen LogP contribution is 2.27. The van der Waals surface area contributed by atoms with E-state index >= 15 is 0 Å². The van der Waals surface area contributed by atoms with Crippen molar-refractivity contribution in [1.82, 2.24) is 5.32 Å². The molecular weight excluding hydrogens is 266 g/mol. The summed E-state index contributed by atoms with van der Waals surface area (Å²) in [4.78, 5) is 0. The molecule has 2 N–H and O–H groups in total. The van der Waals surface area contributed by atoms with Crippen molar-refractivity contribution in [2.24, 2.45) is 0 Å². The molecular formula is C17H29NOS. The van der Waals surface area contributed by atoms with E-state index in [4.69, 9.17) is 0 Å². The molecule has 1 aromatic carbocycles. The molecule has 0 aromatic heterocycles. The van der Waals surface area contributed by atoms with Gasteiger partial charge in [-0.25, -0.2) is 0 Å². The summed E-state index contributed by atoms with van der Waals surface area (Å²) in [6.07, 6.45) is 1.14. The number of hydrogen-bond donors (Lipinski definition) is 2. The van der Waals surface area contributed by atoms with Gasteiger partial charge in [-0.15, -0.1) is 0 Å². The predicted molar refractivity (Wildman–Crippen MR) is 90.7 cm³/mol. The molecule has 0 fully saturated rings. The van der Waals surface area contributed by atoms with E-state index in [1.54, 1.807) is 0 Å². The zero-order valence-corrected chi connectivity index (χ0v) is 14.3. The zero-order chi connectivity index (χ0) is 15.1. The molecule has 0 saturated heterocycles. The van der Waals surface area contributed by atoms with E-state index in [-0.39, 0.29) is 6.61 Å². The number of rotatable bonds is 8. The lowest BCUT2D eigenvalue weighted by molar-refractivity contribution is 0.300. The van der Waals surface area contributed by atoms with Gasteiger partial charge in [-0.3, -0.25) is 0 Å². The summed E-state index contributed by atoms with van der Waals surface area (Å²) in [7, 11) is 0. The summed E-state index contributed by atoms with van der Waals surface area (Å²) in [5.74, 6) is 1.01. The lowest BCUT2D eigenvalue weighted by atomic mass is 9.95. The molecule has 0 bridgehead atoms. The summed E-state index contributed by atoms with van der Waals surface area (Å²) in [6.45, 7) is 12.1. The van der Waals surface area contributed by atoms with Gasteiger partial charge in [0.1, 0.15) is 0 Å². The third-order valence-corrected chi connectivity index (χ3v) is 4.78. The van der Waals surface area contributed by atoms with E-state index in [0.717, 1.165) is 18.7 Å². The Morgan fingerprint density at radius 3 is 2.30 bits per heavy atom. The van der Waals surface area contributed by atoms with Crippen molar-refractivity contribution in [3.63, 3.8) is 0 Å². The van der Waals surface area contributed by atoms with Crippen LogP contribution in [0.3, 0.4) is 0 Å². The third kappa shape index (κ3) is 5.12. The molecule has 2 atom stereocenters. The van der Waals surface area contributed by atoms with E-state index in [0.29, 0.717) is 11.3 Å². The fourth-order valence-electron chi connectivity index (χ4n) is 2.62. The van der Waals surface area contributed by atoms with Gasteiger partial charge in [-0.05, 0) is 50.4 Å². The number of aliphatic hydroxyl groups is 1. The van der Waals surface area contributed by atoms with Crippen molar-refractivity contribution in [3.8, 4) is 0 Å². The molecule has 2 nitrogen and oxygen atoms in total. The molecule has 0 aliphatic rings. The van der Waals surface area contributed by atoms with Crippen molar-refractivity contribution in [2.45, 2.75) is 52.3 Å². The van der Waals surface area contributed by atoms with E-state index in [1.807, 2.05) is 11.8 Å². The number of aliphatic hydroxyl groups excluding tert-OH is 1. The van der Waals surface area contributed by atoms with Crippen molar-refractivity contribution in [1.29, 1.82) is 0 Å². The van der Waals surface area contributed by atoms with Crippen LogP contribution in [0.4, 0.5) is 0 Å². The number of nitrogens with one attached hydrogen (secondary N) is 1. The van der Waals surface area contributed by atoms with Gasteiger partial charge in [0.05, 0.1) is 6.61 Å². The summed E-state index contributed by atoms with van der Waals surface area (Å²) < 4.78 is 0. The Hall–Kier alpha value is -0.510. The molecule has 1 rings (SSSR count). The van der Waals surface area contributed by atoms with Gasteiger partial charge >= 0.3 is 0 Å². The summed E-state index contributed by atoms with van der Waals surface area (Å²) in [5, 5.41) is 13.2. The highest BCUT2D eigenvalue weighted by Gasteiger charge is 2.17. The fraction of sp³-hybridized carbons (Fsp3) is 0.647. The molecule has 1 aromatic rings. The van der Waals surface area contributed by atoms with Crippen LogP contribution in [0.15, 0.2) is 12.1 Å². The molecule has 114 valence electrons. The smallest absolute Gasteiger partial charge is 0.0547 e. The normalized spacial score (nSPS) is 14.3. The first kappa shape index (κ1) is 17.5. The van der Waals surface area contributed by atoms with Crippen molar-refractivity contribution < 1.29 is 5.11 Å². The average molecular weight is 295 g/mol. The summed E-state index contributed by atoms with van der Waals surface area (Å²) >= 11 is 1.84. The Kier molecular flexibility index (Phi) is 7.63. The van der Waals surface area contributed by atoms with E-state index < -0.39 is 0 Å². The topological polar surface area (TPSA) is 32.3 Å². The molecule has 2 unspecified atom stereocenters. The van der Waals surface area contributed by atoms with E-state index in [1.165, 1.54) is 22.3 Å². The second-order valence-corrected chi connectivity index (χ2v) is 7.12. The maximum absolute atomic E-state index is 9.20. The first-order valence-electron chi connectivity index (χ1n) is 7.53. The van der Waals surface area contributed by atoms with Gasteiger partial charge in [0, 0.05) is 17.0 Å². The van der Waals surface area contributed by atoms with Crippen LogP contribution >= 0.6 is 11.8 Å². The van der Waals surface area contributed by atoms with E-state index in [9.17, 15) is 5.11 Å². The first-order chi connectivity index (χ1) is 9.49. The second kappa shape index (κ2) is 8.71. The van der Waals surface area contributed by atoms with Gasteiger partial charge < -0.3 is 10.4 Å². The van der Waals surface area contributed by atoms with Crippen LogP contribution in [0.25, 0.3) is 0 Å². The highest BCUT2D eigenvalue weighted by molar-refractivity contribution is 7.99. The first-order valence-corrected chi connectivity index (χ1v) is 8.58. The van der Waals surface area contributed by atoms with Gasteiger partial charge in [0.25, 0.3) is 0 Å². The quantitative estimate of drug-likeness (QED) is 0.766. The van der Waals surface area contributed by atoms with Crippen LogP contribution < -0.4 is 5.32 Å². The fourth-order valence-corrected chi connectivity index (χ4v) is 3.53. The second-order valence-electron chi connectivity index (χ2n) is 5.65. The van der Waals surface area contributed by atoms with Crippen molar-refractivity contribution in [3.05, 3.63) is 34.4 Å². The molecule has 0 heterocycles. The third-order valence-electron chi connectivity index (χ3n) is 3.53. The Labute approximate surface area is 128 Å². The van der Waals surface area contributed by atoms with E-state index in [2.05, 4.69) is 52.1 Å². The molecule has 0 spiro atoms. The molecule has 0 amide bonds. The van der Waals surface area contributed by atoms with Crippen LogP contribution in [0.2, 0.25) is 0 Å². The number of hydrogen-bond acceptors (Lipinski definition) is 3. The van der Waals surface area contributed by atoms with Crippen LogP contribution in [0, 0.1) is 20.8 Å². The maximum Gasteiger partial charge on any atom is 0.0547 e. The molecule has 0 aliphatic heterocycles. The van der Waals surface area contributed by atoms with Crippen LogP contribution in [-0.4, -0.2) is 29.3 Å². The number of thioether (sulfide) groups is 1. The van der Waals surface area contributed by atoms with Crippen molar-refractivity contribution >= 4 is 11.8 Å². The minimum atomic E-state index is 0.247. The largest absolute Gasteiger partial charge is 0.395 e. The maximum atomic E-state index is 9.20. The molecule has 3 heteroatoms. The Bertz CT molecular complexity index is 396. The average Bonchev–Trinajstić information content (AvgIpc) is 2.39. The Morgan fingerprint density at radius 2 is 1.80 bits per heavy atom. The Morgan fingerprint density at radius 1 is 1.20 bits per heavy atom. The zero-order valence-electron chi connectivity index (χ0n) is 13.5. The van der Waals surface area contributed by atoms with Gasteiger partial charge in [-0.1, -0.05) is 31.5 Å².